The van der Waals surface area contributed by atoms with E-state index in [2.05, 4.69) is 24.3 Å². The average molecular weight is 281 g/mol. The van der Waals surface area contributed by atoms with Crippen molar-refractivity contribution < 1.29 is 9.26 Å². The maximum Gasteiger partial charge on any atom is 0.174 e. The predicted octanol–water partition coefficient (Wildman–Crippen LogP) is 3.41. The highest BCUT2D eigenvalue weighted by Gasteiger charge is 2.07. The minimum absolute atomic E-state index is 0.357. The first-order valence-corrected chi connectivity index (χ1v) is 6.57. The van der Waals surface area contributed by atoms with Crippen LogP contribution in [0.5, 0.6) is 5.75 Å². The molecule has 0 atom stereocenters. The standard InChI is InChI=1S/C14H17ClN2O2/c1-10(2)16-8-11-7-12(15)3-4-14(11)18-9-13-5-6-17-19-13/h3-7,10,16H,8-9H2,1-2H3. The number of hydrogen-bond donors (Lipinski definition) is 1. The molecule has 1 aromatic heterocycles. The summed E-state index contributed by atoms with van der Waals surface area (Å²) in [5, 5.41) is 7.69. The molecular weight excluding hydrogens is 264 g/mol. The van der Waals surface area contributed by atoms with Crippen LogP contribution in [0.3, 0.4) is 0 Å². The second-order valence-corrected chi connectivity index (χ2v) is 4.99. The Morgan fingerprint density at radius 2 is 2.21 bits per heavy atom. The van der Waals surface area contributed by atoms with Crippen molar-refractivity contribution in [2.45, 2.75) is 33.0 Å². The van der Waals surface area contributed by atoms with E-state index in [1.54, 1.807) is 12.3 Å². The number of hydrogen-bond acceptors (Lipinski definition) is 4. The highest BCUT2D eigenvalue weighted by Crippen LogP contribution is 2.24. The van der Waals surface area contributed by atoms with Gasteiger partial charge in [0.1, 0.15) is 12.4 Å². The lowest BCUT2D eigenvalue weighted by Gasteiger charge is -2.13. The number of nitrogens with zero attached hydrogens (tertiary/aromatic N) is 1. The molecule has 0 spiro atoms. The van der Waals surface area contributed by atoms with Gasteiger partial charge in [0.2, 0.25) is 0 Å². The largest absolute Gasteiger partial charge is 0.485 e. The van der Waals surface area contributed by atoms with Gasteiger partial charge in [-0.25, -0.2) is 0 Å². The van der Waals surface area contributed by atoms with Crippen LogP contribution in [0.2, 0.25) is 5.02 Å². The Morgan fingerprint density at radius 1 is 1.37 bits per heavy atom. The van der Waals surface area contributed by atoms with Crippen molar-refractivity contribution in [1.82, 2.24) is 10.5 Å². The van der Waals surface area contributed by atoms with E-state index < -0.39 is 0 Å². The molecule has 102 valence electrons. The molecule has 0 fully saturated rings. The molecule has 0 aliphatic carbocycles. The predicted molar refractivity (Wildman–Crippen MR) is 74.3 cm³/mol. The first kappa shape index (κ1) is 13.9. The van der Waals surface area contributed by atoms with Crippen molar-refractivity contribution >= 4 is 11.6 Å². The molecule has 1 heterocycles. The second-order valence-electron chi connectivity index (χ2n) is 4.56. The molecule has 0 unspecified atom stereocenters. The van der Waals surface area contributed by atoms with Gasteiger partial charge in [0.25, 0.3) is 0 Å². The van der Waals surface area contributed by atoms with Crippen LogP contribution in [-0.4, -0.2) is 11.2 Å². The SMILES string of the molecule is CC(C)NCc1cc(Cl)ccc1OCc1ccno1. The fourth-order valence-electron chi connectivity index (χ4n) is 1.61. The molecule has 5 heteroatoms. The van der Waals surface area contributed by atoms with Gasteiger partial charge in [0, 0.05) is 29.2 Å². The Hall–Kier alpha value is -1.52. The Labute approximate surface area is 117 Å². The van der Waals surface area contributed by atoms with Crippen LogP contribution in [0.1, 0.15) is 25.2 Å². The van der Waals surface area contributed by atoms with Crippen LogP contribution < -0.4 is 10.1 Å². The molecule has 1 aromatic carbocycles. The molecule has 0 saturated carbocycles. The molecule has 19 heavy (non-hydrogen) atoms. The third kappa shape index (κ3) is 4.26. The summed E-state index contributed by atoms with van der Waals surface area (Å²) in [7, 11) is 0. The summed E-state index contributed by atoms with van der Waals surface area (Å²) >= 11 is 6.02. The molecule has 1 N–H and O–H groups in total. The van der Waals surface area contributed by atoms with Gasteiger partial charge in [-0.05, 0) is 18.2 Å². The normalized spacial score (nSPS) is 10.9. The van der Waals surface area contributed by atoms with Crippen molar-refractivity contribution in [3.63, 3.8) is 0 Å². The minimum atomic E-state index is 0.357. The number of nitrogens with one attached hydrogen (secondary N) is 1. The van der Waals surface area contributed by atoms with E-state index in [1.165, 1.54) is 0 Å². The quantitative estimate of drug-likeness (QED) is 0.881. The zero-order valence-electron chi connectivity index (χ0n) is 11.0. The lowest BCUT2D eigenvalue weighted by Crippen LogP contribution is -2.22. The first-order valence-electron chi connectivity index (χ1n) is 6.19. The number of rotatable bonds is 6. The third-order valence-corrected chi connectivity index (χ3v) is 2.82. The van der Waals surface area contributed by atoms with E-state index in [0.717, 1.165) is 11.3 Å². The van der Waals surface area contributed by atoms with Gasteiger partial charge < -0.3 is 14.6 Å². The molecule has 0 amide bonds. The van der Waals surface area contributed by atoms with Crippen molar-refractivity contribution in [2.24, 2.45) is 0 Å². The summed E-state index contributed by atoms with van der Waals surface area (Å²) in [6.45, 7) is 5.26. The summed E-state index contributed by atoms with van der Waals surface area (Å²) in [6.07, 6.45) is 1.60. The van der Waals surface area contributed by atoms with Gasteiger partial charge in [0.15, 0.2) is 5.76 Å². The van der Waals surface area contributed by atoms with Gasteiger partial charge in [-0.15, -0.1) is 0 Å². The number of halogens is 1. The van der Waals surface area contributed by atoms with Crippen molar-refractivity contribution in [2.75, 3.05) is 0 Å². The van der Waals surface area contributed by atoms with E-state index in [9.17, 15) is 0 Å². The van der Waals surface area contributed by atoms with Crippen LogP contribution in [-0.2, 0) is 13.2 Å². The van der Waals surface area contributed by atoms with Crippen LogP contribution >= 0.6 is 11.6 Å². The fourth-order valence-corrected chi connectivity index (χ4v) is 1.80. The first-order chi connectivity index (χ1) is 9.15. The zero-order valence-corrected chi connectivity index (χ0v) is 11.8. The van der Waals surface area contributed by atoms with E-state index in [-0.39, 0.29) is 0 Å². The Morgan fingerprint density at radius 3 is 2.89 bits per heavy atom. The monoisotopic (exact) mass is 280 g/mol. The Bertz CT molecular complexity index is 512. The molecule has 0 bridgehead atoms. The average Bonchev–Trinajstić information content (AvgIpc) is 2.88. The third-order valence-electron chi connectivity index (χ3n) is 2.58. The van der Waals surface area contributed by atoms with Crippen molar-refractivity contribution in [1.29, 1.82) is 0 Å². The summed E-state index contributed by atoms with van der Waals surface area (Å²) < 4.78 is 10.7. The van der Waals surface area contributed by atoms with Crippen molar-refractivity contribution in [3.05, 3.63) is 46.8 Å². The number of benzene rings is 1. The van der Waals surface area contributed by atoms with E-state index >= 15 is 0 Å². The lowest BCUT2D eigenvalue weighted by molar-refractivity contribution is 0.247. The highest BCUT2D eigenvalue weighted by atomic mass is 35.5. The van der Waals surface area contributed by atoms with Gasteiger partial charge >= 0.3 is 0 Å². The Kier molecular flexibility index (Phi) is 4.82. The molecule has 0 saturated heterocycles. The maximum absolute atomic E-state index is 6.02. The molecule has 2 aromatic rings. The van der Waals surface area contributed by atoms with Gasteiger partial charge in [0.05, 0.1) is 6.20 Å². The van der Waals surface area contributed by atoms with Gasteiger partial charge in [-0.3, -0.25) is 0 Å². The van der Waals surface area contributed by atoms with E-state index in [4.69, 9.17) is 20.9 Å². The van der Waals surface area contributed by atoms with Crippen LogP contribution in [0, 0.1) is 0 Å². The molecule has 0 radical (unpaired) electrons. The van der Waals surface area contributed by atoms with Crippen LogP contribution in [0.15, 0.2) is 35.0 Å². The topological polar surface area (TPSA) is 47.3 Å². The number of aromatic nitrogens is 1. The maximum atomic E-state index is 6.02. The summed E-state index contributed by atoms with van der Waals surface area (Å²) in [6, 6.07) is 7.78. The van der Waals surface area contributed by atoms with Crippen LogP contribution in [0.4, 0.5) is 0 Å². The lowest BCUT2D eigenvalue weighted by atomic mass is 10.2. The molecule has 4 nitrogen and oxygen atoms in total. The second kappa shape index (κ2) is 6.59. The smallest absolute Gasteiger partial charge is 0.174 e. The highest BCUT2D eigenvalue weighted by molar-refractivity contribution is 6.30. The molecule has 2 rings (SSSR count). The summed E-state index contributed by atoms with van der Waals surface area (Å²) in [5.41, 5.74) is 1.03. The van der Waals surface area contributed by atoms with E-state index in [0.29, 0.717) is 30.0 Å². The number of ether oxygens (including phenoxy) is 1. The van der Waals surface area contributed by atoms with Gasteiger partial charge in [-0.1, -0.05) is 30.6 Å². The molecule has 0 aliphatic heterocycles. The minimum Gasteiger partial charge on any atom is -0.485 e. The summed E-state index contributed by atoms with van der Waals surface area (Å²) in [4.78, 5) is 0. The van der Waals surface area contributed by atoms with Gasteiger partial charge in [-0.2, -0.15) is 0 Å². The Balaban J connectivity index is 2.05. The molecule has 0 aliphatic rings. The van der Waals surface area contributed by atoms with E-state index in [1.807, 2.05) is 18.2 Å². The molecular formula is C14H17ClN2O2. The zero-order chi connectivity index (χ0) is 13.7. The fraction of sp³-hybridized carbons (Fsp3) is 0.357. The van der Waals surface area contributed by atoms with Crippen LogP contribution in [0.25, 0.3) is 0 Å². The van der Waals surface area contributed by atoms with Crippen molar-refractivity contribution in [3.8, 4) is 5.75 Å². The summed E-state index contributed by atoms with van der Waals surface area (Å²) in [5.74, 6) is 1.49.